The number of nitrogens with zero attached hydrogens (tertiary/aromatic N) is 2. The molecular weight excluding hydrogens is 709 g/mol. The van der Waals surface area contributed by atoms with Gasteiger partial charge in [-0.2, -0.15) is 0 Å². The quantitative estimate of drug-likeness (QED) is 0.0760. The van der Waals surface area contributed by atoms with E-state index >= 15 is 0 Å². The van der Waals surface area contributed by atoms with Gasteiger partial charge in [-0.05, 0) is 52.8 Å². The minimum atomic E-state index is -1.21. The molecule has 0 aliphatic rings. The van der Waals surface area contributed by atoms with Gasteiger partial charge in [-0.1, -0.05) is 127 Å². The topological polar surface area (TPSA) is 131 Å². The van der Waals surface area contributed by atoms with Crippen LogP contribution in [0.5, 0.6) is 5.75 Å². The fraction of sp³-hybridized carbons (Fsp3) is 0.356. The van der Waals surface area contributed by atoms with E-state index in [4.69, 9.17) is 4.74 Å². The van der Waals surface area contributed by atoms with Crippen LogP contribution in [0, 0.1) is 0 Å². The Hall–Kier alpha value is -5.35. The summed E-state index contributed by atoms with van der Waals surface area (Å²) in [6, 6.07) is 26.1. The molecule has 2 heterocycles. The van der Waals surface area contributed by atoms with Crippen molar-refractivity contribution in [3.63, 3.8) is 0 Å². The number of carboxylic acid groups (broad SMARTS) is 1. The number of ether oxygens (including phenoxy) is 1. The molecule has 5 aromatic rings. The maximum atomic E-state index is 13.9. The second-order valence-corrected chi connectivity index (χ2v) is 16.0. The van der Waals surface area contributed by atoms with Crippen LogP contribution in [0.4, 0.5) is 0 Å². The van der Waals surface area contributed by atoms with Crippen molar-refractivity contribution < 1.29 is 24.2 Å². The lowest BCUT2D eigenvalue weighted by Gasteiger charge is -2.25. The molecule has 0 aliphatic carbocycles. The van der Waals surface area contributed by atoms with Crippen molar-refractivity contribution in [2.45, 2.75) is 96.6 Å². The van der Waals surface area contributed by atoms with Gasteiger partial charge >= 0.3 is 5.97 Å². The fourth-order valence-electron chi connectivity index (χ4n) is 6.20. The monoisotopic (exact) mass is 760 g/mol. The smallest absolute Gasteiger partial charge is 0.326 e. The Labute approximate surface area is 328 Å². The Morgan fingerprint density at radius 3 is 2.05 bits per heavy atom. The summed E-state index contributed by atoms with van der Waals surface area (Å²) in [6.07, 6.45) is 9.71. The van der Waals surface area contributed by atoms with Gasteiger partial charge < -0.3 is 20.5 Å². The molecule has 0 aliphatic heterocycles. The van der Waals surface area contributed by atoms with Crippen molar-refractivity contribution in [1.82, 2.24) is 20.6 Å². The molecule has 2 aromatic heterocycles. The standard InChI is InChI=1S/C45H52N4O5S/c1-6-7-8-9-13-26-54-36-22-20-33(21-23-36)35-28-46-41(47-29-35)34-18-16-31(17-19-34)27-37(48-43(51)38-24-25-39(55-38)45(3,4)5)42(50)49-40(44(52)53)30(2)32-14-11-10-12-15-32/h10-12,14-25,28-30,37,40H,6-9,13,26-27H2,1-5H3,(H,48,51)(H,49,50)(H,52,53)/t30-,37-,40?/m0/s1. The number of benzene rings is 3. The van der Waals surface area contributed by atoms with Crippen LogP contribution in [-0.4, -0.2) is 51.5 Å². The van der Waals surface area contributed by atoms with Gasteiger partial charge in [-0.15, -0.1) is 11.3 Å². The Morgan fingerprint density at radius 2 is 1.44 bits per heavy atom. The van der Waals surface area contributed by atoms with Gasteiger partial charge in [0.1, 0.15) is 17.8 Å². The van der Waals surface area contributed by atoms with Crippen molar-refractivity contribution >= 4 is 29.1 Å². The van der Waals surface area contributed by atoms with Gasteiger partial charge in [-0.25, -0.2) is 14.8 Å². The van der Waals surface area contributed by atoms with Gasteiger partial charge in [0.2, 0.25) is 5.91 Å². The van der Waals surface area contributed by atoms with Crippen molar-refractivity contribution in [3.05, 3.63) is 124 Å². The largest absolute Gasteiger partial charge is 0.494 e. The number of aromatic nitrogens is 2. The van der Waals surface area contributed by atoms with E-state index in [2.05, 4.69) is 48.3 Å². The van der Waals surface area contributed by atoms with Crippen LogP contribution in [0.1, 0.15) is 98.3 Å². The second-order valence-electron chi connectivity index (χ2n) is 14.9. The van der Waals surface area contributed by atoms with Crippen LogP contribution < -0.4 is 15.4 Å². The maximum absolute atomic E-state index is 13.9. The predicted molar refractivity (Wildman–Crippen MR) is 220 cm³/mol. The molecule has 3 aromatic carbocycles. The molecule has 9 nitrogen and oxygen atoms in total. The Kier molecular flexibility index (Phi) is 14.3. The molecule has 55 heavy (non-hydrogen) atoms. The summed E-state index contributed by atoms with van der Waals surface area (Å²) in [5, 5.41) is 15.7. The van der Waals surface area contributed by atoms with Crippen molar-refractivity contribution in [2.24, 2.45) is 0 Å². The van der Waals surface area contributed by atoms with Gasteiger partial charge in [-0.3, -0.25) is 9.59 Å². The van der Waals surface area contributed by atoms with E-state index in [-0.39, 0.29) is 11.8 Å². The highest BCUT2D eigenvalue weighted by Gasteiger charge is 2.32. The number of carboxylic acids is 1. The summed E-state index contributed by atoms with van der Waals surface area (Å²) in [4.78, 5) is 50.5. The molecule has 0 radical (unpaired) electrons. The summed E-state index contributed by atoms with van der Waals surface area (Å²) in [5.41, 5.74) is 4.08. The molecule has 0 fully saturated rings. The van der Waals surface area contributed by atoms with Gasteiger partial charge in [0.15, 0.2) is 5.82 Å². The fourth-order valence-corrected chi connectivity index (χ4v) is 7.16. The second kappa shape index (κ2) is 19.3. The average molecular weight is 761 g/mol. The molecule has 288 valence electrons. The summed E-state index contributed by atoms with van der Waals surface area (Å²) < 4.78 is 5.91. The zero-order chi connectivity index (χ0) is 39.4. The van der Waals surface area contributed by atoms with E-state index in [1.54, 1.807) is 25.4 Å². The van der Waals surface area contributed by atoms with Gasteiger partial charge in [0.25, 0.3) is 5.91 Å². The third kappa shape index (κ3) is 11.6. The van der Waals surface area contributed by atoms with E-state index in [0.29, 0.717) is 10.7 Å². The van der Waals surface area contributed by atoms with Gasteiger partial charge in [0, 0.05) is 40.7 Å². The number of carbonyl (C=O) groups is 3. The minimum absolute atomic E-state index is 0.137. The Morgan fingerprint density at radius 1 is 0.782 bits per heavy atom. The van der Waals surface area contributed by atoms with Gasteiger partial charge in [0.05, 0.1) is 11.5 Å². The lowest BCUT2D eigenvalue weighted by molar-refractivity contribution is -0.142. The zero-order valence-corrected chi connectivity index (χ0v) is 33.2. The first-order chi connectivity index (χ1) is 26.4. The molecular formula is C45H52N4O5S. The predicted octanol–water partition coefficient (Wildman–Crippen LogP) is 9.23. The highest BCUT2D eigenvalue weighted by Crippen LogP contribution is 2.30. The zero-order valence-electron chi connectivity index (χ0n) is 32.4. The van der Waals surface area contributed by atoms with E-state index in [1.807, 2.05) is 84.9 Å². The Balaban J connectivity index is 1.27. The molecule has 0 bridgehead atoms. The third-order valence-electron chi connectivity index (χ3n) is 9.59. The summed E-state index contributed by atoms with van der Waals surface area (Å²) in [6.45, 7) is 10.9. The first-order valence-electron chi connectivity index (χ1n) is 19.1. The van der Waals surface area contributed by atoms with Crippen molar-refractivity contribution in [3.8, 4) is 28.3 Å². The maximum Gasteiger partial charge on any atom is 0.326 e. The minimum Gasteiger partial charge on any atom is -0.494 e. The number of carbonyl (C=O) groups excluding carboxylic acids is 2. The van der Waals surface area contributed by atoms with Crippen LogP contribution in [0.25, 0.3) is 22.5 Å². The van der Waals surface area contributed by atoms with Crippen LogP contribution in [-0.2, 0) is 21.4 Å². The number of hydrogen-bond acceptors (Lipinski definition) is 7. The van der Waals surface area contributed by atoms with Crippen LogP contribution >= 0.6 is 11.3 Å². The average Bonchev–Trinajstić information content (AvgIpc) is 3.71. The lowest BCUT2D eigenvalue weighted by Crippen LogP contribution is -2.53. The van der Waals surface area contributed by atoms with E-state index in [9.17, 15) is 19.5 Å². The SMILES string of the molecule is CCCCCCCOc1ccc(-c2cnc(-c3ccc(C[C@H](NC(=O)c4ccc(C(C)(C)C)s4)C(=O)NC(C(=O)O)[C@@H](C)c4ccccc4)cc3)nc2)cc1. The lowest BCUT2D eigenvalue weighted by atomic mass is 9.92. The summed E-state index contributed by atoms with van der Waals surface area (Å²) in [7, 11) is 0. The van der Waals surface area contributed by atoms with E-state index in [0.717, 1.165) is 51.5 Å². The number of amides is 2. The van der Waals surface area contributed by atoms with Crippen LogP contribution in [0.15, 0.2) is 103 Å². The molecule has 5 rings (SSSR count). The number of unbranched alkanes of at least 4 members (excludes halogenated alkanes) is 4. The van der Waals surface area contributed by atoms with Crippen LogP contribution in [0.2, 0.25) is 0 Å². The molecule has 2 amide bonds. The summed E-state index contributed by atoms with van der Waals surface area (Å²) in [5.74, 6) is -1.25. The van der Waals surface area contributed by atoms with E-state index < -0.39 is 35.8 Å². The Bertz CT molecular complexity index is 1990. The third-order valence-corrected chi connectivity index (χ3v) is 11.1. The number of aliphatic carboxylic acids is 1. The number of nitrogens with one attached hydrogen (secondary N) is 2. The molecule has 3 atom stereocenters. The molecule has 0 spiro atoms. The van der Waals surface area contributed by atoms with E-state index in [1.165, 1.54) is 37.0 Å². The number of thiophene rings is 1. The number of rotatable bonds is 18. The van der Waals surface area contributed by atoms with Crippen molar-refractivity contribution in [2.75, 3.05) is 6.61 Å². The molecule has 1 unspecified atom stereocenters. The molecule has 3 N–H and O–H groups in total. The number of hydrogen-bond donors (Lipinski definition) is 3. The highest BCUT2D eigenvalue weighted by atomic mass is 32.1. The first-order valence-corrected chi connectivity index (χ1v) is 19.9. The molecule has 10 heteroatoms. The van der Waals surface area contributed by atoms with Crippen LogP contribution in [0.3, 0.4) is 0 Å². The highest BCUT2D eigenvalue weighted by molar-refractivity contribution is 7.14. The summed E-state index contributed by atoms with van der Waals surface area (Å²) >= 11 is 1.38. The molecule has 0 saturated carbocycles. The van der Waals surface area contributed by atoms with Crippen molar-refractivity contribution in [1.29, 1.82) is 0 Å². The first kappa shape index (κ1) is 40.8. The molecule has 0 saturated heterocycles. The normalized spacial score (nSPS) is 13.0.